The highest BCUT2D eigenvalue weighted by Crippen LogP contribution is 2.33. The molecule has 1 aliphatic heterocycles. The summed E-state index contributed by atoms with van der Waals surface area (Å²) in [4.78, 5) is 26.1. The maximum atomic E-state index is 13.2. The van der Waals surface area contributed by atoms with Gasteiger partial charge in [0.15, 0.2) is 0 Å². The monoisotopic (exact) mass is 450 g/mol. The molecule has 3 aromatic rings. The third-order valence-corrected chi connectivity index (χ3v) is 7.99. The van der Waals surface area contributed by atoms with Crippen LogP contribution in [0.4, 0.5) is 0 Å². The number of fused-ring (bicyclic) bond motifs is 1. The molecule has 0 bridgehead atoms. The standard InChI is InChI=1S/C25H30N2O2SSi/c1-31(2,29)14-11-20-6-4-8-23-22(20)16-24(30-23)25(28)27-12-9-19(10-13-27)21-7-3-5-18(15-21)17-26/h3-8,11,14-16,19,29H,9-10,12-13,17,26H2,1-2H3/b14-11+. The van der Waals surface area contributed by atoms with Crippen LogP contribution in [0.3, 0.4) is 0 Å². The molecular weight excluding hydrogens is 420 g/mol. The van der Waals surface area contributed by atoms with E-state index in [1.54, 1.807) is 11.3 Å². The van der Waals surface area contributed by atoms with E-state index >= 15 is 0 Å². The van der Waals surface area contributed by atoms with Gasteiger partial charge in [0.2, 0.25) is 8.32 Å². The van der Waals surface area contributed by atoms with Crippen LogP contribution in [0.2, 0.25) is 13.1 Å². The van der Waals surface area contributed by atoms with Gasteiger partial charge >= 0.3 is 0 Å². The minimum atomic E-state index is -2.27. The molecule has 1 aliphatic rings. The molecule has 2 aromatic carbocycles. The Morgan fingerprint density at radius 3 is 2.65 bits per heavy atom. The van der Waals surface area contributed by atoms with Crippen molar-refractivity contribution in [2.45, 2.75) is 38.4 Å². The van der Waals surface area contributed by atoms with E-state index in [1.165, 1.54) is 11.1 Å². The second-order valence-corrected chi connectivity index (χ2v) is 13.6. The minimum Gasteiger partial charge on any atom is -0.428 e. The van der Waals surface area contributed by atoms with Crippen LogP contribution in [0.25, 0.3) is 16.2 Å². The topological polar surface area (TPSA) is 66.6 Å². The van der Waals surface area contributed by atoms with Gasteiger partial charge < -0.3 is 15.4 Å². The number of carbonyl (C=O) groups is 1. The van der Waals surface area contributed by atoms with E-state index in [0.29, 0.717) is 12.5 Å². The molecular formula is C25H30N2O2SSi. The fourth-order valence-electron chi connectivity index (χ4n) is 4.17. The van der Waals surface area contributed by atoms with Crippen molar-refractivity contribution in [1.29, 1.82) is 0 Å². The van der Waals surface area contributed by atoms with Gasteiger partial charge in [-0.05, 0) is 60.7 Å². The number of benzene rings is 2. The molecule has 3 N–H and O–H groups in total. The highest BCUT2D eigenvalue weighted by Gasteiger charge is 2.26. The zero-order valence-electron chi connectivity index (χ0n) is 18.2. The highest BCUT2D eigenvalue weighted by atomic mass is 32.1. The number of hydrogen-bond acceptors (Lipinski definition) is 4. The van der Waals surface area contributed by atoms with Crippen molar-refractivity contribution < 1.29 is 9.59 Å². The van der Waals surface area contributed by atoms with Crippen molar-refractivity contribution in [3.63, 3.8) is 0 Å². The third-order valence-electron chi connectivity index (χ3n) is 5.92. The number of nitrogens with two attached hydrogens (primary N) is 1. The summed E-state index contributed by atoms with van der Waals surface area (Å²) in [5.41, 5.74) is 11.3. The lowest BCUT2D eigenvalue weighted by molar-refractivity contribution is 0.0718. The summed E-state index contributed by atoms with van der Waals surface area (Å²) >= 11 is 1.56. The first-order valence-corrected chi connectivity index (χ1v) is 14.7. The summed E-state index contributed by atoms with van der Waals surface area (Å²) in [5.74, 6) is 0.614. The van der Waals surface area contributed by atoms with E-state index in [4.69, 9.17) is 5.73 Å². The first kappa shape index (κ1) is 22.0. The predicted molar refractivity (Wildman–Crippen MR) is 133 cm³/mol. The van der Waals surface area contributed by atoms with Gasteiger partial charge in [0.05, 0.1) is 4.88 Å². The summed E-state index contributed by atoms with van der Waals surface area (Å²) in [6, 6.07) is 16.7. The Morgan fingerprint density at radius 2 is 1.94 bits per heavy atom. The lowest BCUT2D eigenvalue weighted by Gasteiger charge is -2.32. The van der Waals surface area contributed by atoms with Crippen molar-refractivity contribution in [3.05, 3.63) is 75.8 Å². The van der Waals surface area contributed by atoms with Crippen molar-refractivity contribution in [1.82, 2.24) is 4.90 Å². The lowest BCUT2D eigenvalue weighted by atomic mass is 9.88. The number of carbonyl (C=O) groups excluding carboxylic acids is 1. The zero-order valence-corrected chi connectivity index (χ0v) is 20.0. The van der Waals surface area contributed by atoms with Crippen LogP contribution < -0.4 is 5.73 Å². The maximum Gasteiger partial charge on any atom is 0.263 e. The molecule has 4 rings (SSSR count). The average molecular weight is 451 g/mol. The number of nitrogens with zero attached hydrogens (tertiary/aromatic N) is 1. The Hall–Kier alpha value is -2.25. The van der Waals surface area contributed by atoms with E-state index in [1.807, 2.05) is 48.0 Å². The molecule has 31 heavy (non-hydrogen) atoms. The number of hydrogen-bond donors (Lipinski definition) is 2. The zero-order chi connectivity index (χ0) is 22.0. The molecule has 0 saturated carbocycles. The second-order valence-electron chi connectivity index (χ2n) is 8.87. The number of rotatable bonds is 5. The fourth-order valence-corrected chi connectivity index (χ4v) is 5.82. The Bertz CT molecular complexity index is 1110. The number of likely N-dealkylation sites (tertiary alicyclic amines) is 1. The molecule has 6 heteroatoms. The molecule has 1 aromatic heterocycles. The largest absolute Gasteiger partial charge is 0.428 e. The first-order valence-electron chi connectivity index (χ1n) is 10.9. The fraction of sp³-hybridized carbons (Fsp3) is 0.320. The average Bonchev–Trinajstić information content (AvgIpc) is 3.22. The normalized spacial score (nSPS) is 15.8. The quantitative estimate of drug-likeness (QED) is 0.530. The smallest absolute Gasteiger partial charge is 0.263 e. The molecule has 1 fully saturated rings. The molecule has 0 aliphatic carbocycles. The van der Waals surface area contributed by atoms with Crippen molar-refractivity contribution >= 4 is 41.7 Å². The van der Waals surface area contributed by atoms with Crippen molar-refractivity contribution in [3.8, 4) is 0 Å². The van der Waals surface area contributed by atoms with Crippen LogP contribution in [0.1, 0.15) is 45.1 Å². The van der Waals surface area contributed by atoms with Gasteiger partial charge in [-0.2, -0.15) is 0 Å². The Kier molecular flexibility index (Phi) is 6.43. The molecule has 162 valence electrons. The molecule has 0 unspecified atom stereocenters. The Morgan fingerprint density at radius 1 is 1.19 bits per heavy atom. The summed E-state index contributed by atoms with van der Waals surface area (Å²) in [6.07, 6.45) is 3.96. The predicted octanol–water partition coefficient (Wildman–Crippen LogP) is 5.13. The molecule has 0 spiro atoms. The molecule has 0 radical (unpaired) electrons. The SMILES string of the molecule is C[Si](C)(O)/C=C/c1cccc2sc(C(=O)N3CCC(c4cccc(CN)c4)CC3)cc12. The van der Waals surface area contributed by atoms with Crippen LogP contribution in [0.5, 0.6) is 0 Å². The molecule has 4 nitrogen and oxygen atoms in total. The van der Waals surface area contributed by atoms with Crippen LogP contribution in [-0.4, -0.2) is 37.0 Å². The first-order chi connectivity index (χ1) is 14.8. The Balaban J connectivity index is 1.48. The number of amides is 1. The molecule has 2 heterocycles. The van der Waals surface area contributed by atoms with E-state index in [9.17, 15) is 9.59 Å². The molecule has 1 amide bonds. The van der Waals surface area contributed by atoms with Gasteiger partial charge in [0, 0.05) is 29.7 Å². The van der Waals surface area contributed by atoms with Gasteiger partial charge in [0.1, 0.15) is 0 Å². The lowest BCUT2D eigenvalue weighted by Crippen LogP contribution is -2.37. The van der Waals surface area contributed by atoms with Crippen molar-refractivity contribution in [2.24, 2.45) is 5.73 Å². The van der Waals surface area contributed by atoms with Gasteiger partial charge in [-0.25, -0.2) is 0 Å². The van der Waals surface area contributed by atoms with Crippen LogP contribution >= 0.6 is 11.3 Å². The summed E-state index contributed by atoms with van der Waals surface area (Å²) in [6.45, 7) is 5.90. The van der Waals surface area contributed by atoms with Gasteiger partial charge in [-0.1, -0.05) is 48.2 Å². The van der Waals surface area contributed by atoms with Gasteiger partial charge in [-0.3, -0.25) is 4.79 Å². The summed E-state index contributed by atoms with van der Waals surface area (Å²) in [7, 11) is -2.27. The minimum absolute atomic E-state index is 0.127. The Labute approximate surface area is 189 Å². The molecule has 0 atom stereocenters. The molecule has 1 saturated heterocycles. The maximum absolute atomic E-state index is 13.2. The number of thiophene rings is 1. The number of piperidine rings is 1. The van der Waals surface area contributed by atoms with E-state index in [-0.39, 0.29) is 5.91 Å². The van der Waals surface area contributed by atoms with E-state index < -0.39 is 8.32 Å². The van der Waals surface area contributed by atoms with Crippen LogP contribution in [0.15, 0.2) is 54.2 Å². The van der Waals surface area contributed by atoms with E-state index in [0.717, 1.165) is 46.5 Å². The van der Waals surface area contributed by atoms with E-state index in [2.05, 4.69) is 30.3 Å². The summed E-state index contributed by atoms with van der Waals surface area (Å²) in [5, 5.41) is 1.08. The van der Waals surface area contributed by atoms with Crippen LogP contribution in [0, 0.1) is 0 Å². The third kappa shape index (κ3) is 5.15. The van der Waals surface area contributed by atoms with Gasteiger partial charge in [0.25, 0.3) is 5.91 Å². The van der Waals surface area contributed by atoms with Crippen LogP contribution in [-0.2, 0) is 6.54 Å². The van der Waals surface area contributed by atoms with Crippen molar-refractivity contribution in [2.75, 3.05) is 13.1 Å². The second kappa shape index (κ2) is 9.08. The van der Waals surface area contributed by atoms with Gasteiger partial charge in [-0.15, -0.1) is 11.3 Å². The highest BCUT2D eigenvalue weighted by molar-refractivity contribution is 7.20. The summed E-state index contributed by atoms with van der Waals surface area (Å²) < 4.78 is 1.11.